The van der Waals surface area contributed by atoms with Crippen molar-refractivity contribution in [1.29, 1.82) is 0 Å². The number of carbonyl (C=O) groups is 1. The summed E-state index contributed by atoms with van der Waals surface area (Å²) in [5, 5.41) is 3.37. The number of rotatable bonds is 5. The third-order valence-electron chi connectivity index (χ3n) is 3.14. The summed E-state index contributed by atoms with van der Waals surface area (Å²) in [7, 11) is 3.16. The molecule has 1 aromatic rings. The average Bonchev–Trinajstić information content (AvgIpc) is 2.47. The predicted octanol–water partition coefficient (Wildman–Crippen LogP) is 1.98. The predicted molar refractivity (Wildman–Crippen MR) is 77.6 cm³/mol. The van der Waals surface area contributed by atoms with Gasteiger partial charge in [0.2, 0.25) is 0 Å². The van der Waals surface area contributed by atoms with Gasteiger partial charge in [-0.05, 0) is 18.2 Å². The lowest BCUT2D eigenvalue weighted by atomic mass is 10.0. The molecule has 0 aliphatic carbocycles. The van der Waals surface area contributed by atoms with Crippen LogP contribution >= 0.6 is 11.8 Å². The number of benzene rings is 1. The Kier molecular flexibility index (Phi) is 5.10. The highest BCUT2D eigenvalue weighted by Crippen LogP contribution is 2.28. The van der Waals surface area contributed by atoms with Gasteiger partial charge in [0.1, 0.15) is 0 Å². The van der Waals surface area contributed by atoms with Gasteiger partial charge in [0.15, 0.2) is 17.3 Å². The van der Waals surface area contributed by atoms with Crippen molar-refractivity contribution < 1.29 is 14.3 Å². The number of ether oxygens (including phenoxy) is 2. The Bertz CT molecular complexity index is 444. The molecule has 0 bridgehead atoms. The van der Waals surface area contributed by atoms with Gasteiger partial charge in [0.25, 0.3) is 0 Å². The van der Waals surface area contributed by atoms with Crippen molar-refractivity contribution in [3.8, 4) is 11.5 Å². The second kappa shape index (κ2) is 6.82. The summed E-state index contributed by atoms with van der Waals surface area (Å²) >= 11 is 1.89. The molecule has 104 valence electrons. The molecule has 1 aliphatic rings. The van der Waals surface area contributed by atoms with Gasteiger partial charge in [-0.25, -0.2) is 0 Å². The molecular weight excluding hydrogens is 262 g/mol. The van der Waals surface area contributed by atoms with Crippen molar-refractivity contribution in [3.05, 3.63) is 23.8 Å². The molecule has 1 unspecified atom stereocenters. The number of Topliss-reactive ketones (excluding diaryl/α,β-unsaturated/α-hetero) is 1. The molecule has 1 aromatic carbocycles. The molecular formula is C14H19NO3S. The summed E-state index contributed by atoms with van der Waals surface area (Å²) in [6.07, 6.45) is 0.530. The van der Waals surface area contributed by atoms with E-state index in [1.165, 1.54) is 0 Å². The zero-order valence-corrected chi connectivity index (χ0v) is 12.1. The Balaban J connectivity index is 2.05. The summed E-state index contributed by atoms with van der Waals surface area (Å²) in [6, 6.07) is 5.59. The van der Waals surface area contributed by atoms with E-state index in [0.717, 1.165) is 18.1 Å². The molecule has 19 heavy (non-hydrogen) atoms. The number of carbonyl (C=O) groups excluding carboxylic acids is 1. The lowest BCUT2D eigenvalue weighted by Gasteiger charge is -2.22. The van der Waals surface area contributed by atoms with E-state index in [1.54, 1.807) is 32.4 Å². The Morgan fingerprint density at radius 1 is 1.37 bits per heavy atom. The van der Waals surface area contributed by atoms with E-state index in [-0.39, 0.29) is 11.8 Å². The van der Waals surface area contributed by atoms with E-state index in [4.69, 9.17) is 9.47 Å². The first kappa shape index (κ1) is 14.2. The zero-order valence-electron chi connectivity index (χ0n) is 11.3. The molecule has 4 nitrogen and oxygen atoms in total. The summed E-state index contributed by atoms with van der Waals surface area (Å²) in [5.74, 6) is 3.51. The van der Waals surface area contributed by atoms with Gasteiger partial charge in [-0.3, -0.25) is 4.79 Å². The Morgan fingerprint density at radius 2 is 2.16 bits per heavy atom. The Hall–Kier alpha value is -1.20. The summed E-state index contributed by atoms with van der Waals surface area (Å²) in [4.78, 5) is 12.2. The second-order valence-corrected chi connectivity index (χ2v) is 5.57. The van der Waals surface area contributed by atoms with Crippen LogP contribution in [0.4, 0.5) is 0 Å². The van der Waals surface area contributed by atoms with Gasteiger partial charge >= 0.3 is 0 Å². The SMILES string of the molecule is COc1ccc(C(=O)CC2CSCCN2)cc1OC. The lowest BCUT2D eigenvalue weighted by molar-refractivity contribution is 0.0971. The van der Waals surface area contributed by atoms with E-state index >= 15 is 0 Å². The van der Waals surface area contributed by atoms with Crippen LogP contribution in [0, 0.1) is 0 Å². The molecule has 1 atom stereocenters. The first-order chi connectivity index (χ1) is 9.24. The number of hydrogen-bond acceptors (Lipinski definition) is 5. The normalized spacial score (nSPS) is 18.9. The van der Waals surface area contributed by atoms with E-state index in [0.29, 0.717) is 23.5 Å². The minimum absolute atomic E-state index is 0.140. The molecule has 1 aliphatic heterocycles. The first-order valence-electron chi connectivity index (χ1n) is 6.31. The minimum atomic E-state index is 0.140. The maximum Gasteiger partial charge on any atom is 0.164 e. The highest BCUT2D eigenvalue weighted by atomic mass is 32.2. The van der Waals surface area contributed by atoms with Gasteiger partial charge in [-0.15, -0.1) is 0 Å². The maximum absolute atomic E-state index is 12.2. The fraction of sp³-hybridized carbons (Fsp3) is 0.500. The first-order valence-corrected chi connectivity index (χ1v) is 7.46. The maximum atomic E-state index is 12.2. The highest BCUT2D eigenvalue weighted by Gasteiger charge is 2.18. The van der Waals surface area contributed by atoms with Crippen LogP contribution in [-0.4, -0.2) is 44.1 Å². The van der Waals surface area contributed by atoms with Crippen molar-refractivity contribution in [2.24, 2.45) is 0 Å². The summed E-state index contributed by atoms with van der Waals surface area (Å²) in [6.45, 7) is 0.981. The van der Waals surface area contributed by atoms with Crippen molar-refractivity contribution in [2.75, 3.05) is 32.3 Å². The highest BCUT2D eigenvalue weighted by molar-refractivity contribution is 7.99. The summed E-state index contributed by atoms with van der Waals surface area (Å²) in [5.41, 5.74) is 0.676. The fourth-order valence-corrected chi connectivity index (χ4v) is 3.05. The molecule has 1 fully saturated rings. The van der Waals surface area contributed by atoms with Crippen molar-refractivity contribution >= 4 is 17.5 Å². The van der Waals surface area contributed by atoms with Crippen LogP contribution in [-0.2, 0) is 0 Å². The molecule has 0 aromatic heterocycles. The fourth-order valence-electron chi connectivity index (χ4n) is 2.10. The van der Waals surface area contributed by atoms with E-state index in [1.807, 2.05) is 11.8 Å². The topological polar surface area (TPSA) is 47.6 Å². The van der Waals surface area contributed by atoms with Crippen molar-refractivity contribution in [1.82, 2.24) is 5.32 Å². The molecule has 5 heteroatoms. The smallest absolute Gasteiger partial charge is 0.164 e. The Morgan fingerprint density at radius 3 is 2.79 bits per heavy atom. The van der Waals surface area contributed by atoms with Crippen LogP contribution in [0.15, 0.2) is 18.2 Å². The second-order valence-electron chi connectivity index (χ2n) is 4.42. The average molecular weight is 281 g/mol. The van der Waals surface area contributed by atoms with Crippen LogP contribution in [0.2, 0.25) is 0 Å². The quantitative estimate of drug-likeness (QED) is 0.836. The molecule has 0 amide bonds. The van der Waals surface area contributed by atoms with E-state index in [2.05, 4.69) is 5.32 Å². The van der Waals surface area contributed by atoms with Crippen LogP contribution in [0.25, 0.3) is 0 Å². The standard InChI is InChI=1S/C14H19NO3S/c1-17-13-4-3-10(7-14(13)18-2)12(16)8-11-9-19-6-5-15-11/h3-4,7,11,15H,5-6,8-9H2,1-2H3. The lowest BCUT2D eigenvalue weighted by Crippen LogP contribution is -2.38. The van der Waals surface area contributed by atoms with Crippen LogP contribution < -0.4 is 14.8 Å². The molecule has 2 rings (SSSR count). The van der Waals surface area contributed by atoms with E-state index < -0.39 is 0 Å². The minimum Gasteiger partial charge on any atom is -0.493 e. The van der Waals surface area contributed by atoms with Gasteiger partial charge in [-0.1, -0.05) is 0 Å². The number of thioether (sulfide) groups is 1. The molecule has 1 heterocycles. The van der Waals surface area contributed by atoms with Gasteiger partial charge in [0, 0.05) is 36.1 Å². The number of ketones is 1. The van der Waals surface area contributed by atoms with Crippen LogP contribution in [0.1, 0.15) is 16.8 Å². The third kappa shape index (κ3) is 3.64. The Labute approximate surface area is 117 Å². The zero-order chi connectivity index (χ0) is 13.7. The van der Waals surface area contributed by atoms with Gasteiger partial charge in [-0.2, -0.15) is 11.8 Å². The van der Waals surface area contributed by atoms with Crippen LogP contribution in [0.3, 0.4) is 0 Å². The largest absolute Gasteiger partial charge is 0.493 e. The molecule has 1 saturated heterocycles. The van der Waals surface area contributed by atoms with E-state index in [9.17, 15) is 4.79 Å². The summed E-state index contributed by atoms with van der Waals surface area (Å²) < 4.78 is 10.4. The van der Waals surface area contributed by atoms with Crippen LogP contribution in [0.5, 0.6) is 11.5 Å². The molecule has 0 saturated carbocycles. The number of methoxy groups -OCH3 is 2. The molecule has 1 N–H and O–H groups in total. The van der Waals surface area contributed by atoms with Crippen molar-refractivity contribution in [3.63, 3.8) is 0 Å². The molecule has 0 radical (unpaired) electrons. The number of hydrogen-bond donors (Lipinski definition) is 1. The number of nitrogens with one attached hydrogen (secondary N) is 1. The molecule has 0 spiro atoms. The van der Waals surface area contributed by atoms with Gasteiger partial charge in [0.05, 0.1) is 14.2 Å². The van der Waals surface area contributed by atoms with Crippen molar-refractivity contribution in [2.45, 2.75) is 12.5 Å². The third-order valence-corrected chi connectivity index (χ3v) is 4.27. The monoisotopic (exact) mass is 281 g/mol. The van der Waals surface area contributed by atoms with Gasteiger partial charge < -0.3 is 14.8 Å².